The fraction of sp³-hybridized carbons (Fsp3) is 0.316. The highest BCUT2D eigenvalue weighted by Gasteiger charge is 2.28. The van der Waals surface area contributed by atoms with Gasteiger partial charge in [0.15, 0.2) is 6.10 Å². The number of nitrogens with zero attached hydrogens (tertiary/aromatic N) is 2. The largest absolute Gasteiger partial charge is 0.368 e. The van der Waals surface area contributed by atoms with Gasteiger partial charge < -0.3 is 14.5 Å². The molecule has 0 bridgehead atoms. The summed E-state index contributed by atoms with van der Waals surface area (Å²) in [6.45, 7) is 2.71. The van der Waals surface area contributed by atoms with E-state index in [1.807, 2.05) is 35.2 Å². The van der Waals surface area contributed by atoms with Crippen molar-refractivity contribution < 1.29 is 13.9 Å². The number of carbonyl (C=O) groups excluding carboxylic acids is 1. The van der Waals surface area contributed by atoms with Crippen LogP contribution >= 0.6 is 0 Å². The summed E-state index contributed by atoms with van der Waals surface area (Å²) in [7, 11) is 1.56. The van der Waals surface area contributed by atoms with E-state index in [0.717, 1.165) is 24.3 Å². The molecule has 5 heteroatoms. The summed E-state index contributed by atoms with van der Waals surface area (Å²) in [5, 5.41) is 0. The second-order valence-corrected chi connectivity index (χ2v) is 5.82. The Kier molecular flexibility index (Phi) is 5.11. The Morgan fingerprint density at radius 2 is 1.62 bits per heavy atom. The van der Waals surface area contributed by atoms with E-state index < -0.39 is 6.10 Å². The number of carbonyl (C=O) groups is 1. The molecule has 1 amide bonds. The molecule has 1 heterocycles. The molecular weight excluding hydrogens is 307 g/mol. The maximum atomic E-state index is 13.0. The molecule has 1 atom stereocenters. The fourth-order valence-electron chi connectivity index (χ4n) is 3.01. The number of piperazine rings is 1. The summed E-state index contributed by atoms with van der Waals surface area (Å²) in [6.07, 6.45) is -0.566. The van der Waals surface area contributed by atoms with Crippen molar-refractivity contribution in [3.63, 3.8) is 0 Å². The van der Waals surface area contributed by atoms with Crippen LogP contribution in [0.3, 0.4) is 0 Å². The standard InChI is InChI=1S/C19H21FN2O2/c1-24-18(15-5-3-2-4-6-15)19(23)22-13-11-21(12-14-22)17-9-7-16(20)8-10-17/h2-10,18H,11-14H2,1H3/t18-/m1/s1. The van der Waals surface area contributed by atoms with Crippen LogP contribution in [0.25, 0.3) is 0 Å². The van der Waals surface area contributed by atoms with Crippen molar-refractivity contribution in [2.75, 3.05) is 38.2 Å². The van der Waals surface area contributed by atoms with Gasteiger partial charge in [0.2, 0.25) is 0 Å². The Hall–Kier alpha value is -2.40. The number of benzene rings is 2. The van der Waals surface area contributed by atoms with E-state index in [4.69, 9.17) is 4.74 Å². The van der Waals surface area contributed by atoms with E-state index in [2.05, 4.69) is 4.90 Å². The van der Waals surface area contributed by atoms with Gasteiger partial charge in [-0.25, -0.2) is 4.39 Å². The van der Waals surface area contributed by atoms with Gasteiger partial charge >= 0.3 is 0 Å². The number of halogens is 1. The summed E-state index contributed by atoms with van der Waals surface area (Å²) in [4.78, 5) is 16.7. The summed E-state index contributed by atoms with van der Waals surface area (Å²) in [6, 6.07) is 16.0. The van der Waals surface area contributed by atoms with Gasteiger partial charge in [-0.2, -0.15) is 0 Å². The number of anilines is 1. The number of rotatable bonds is 4. The highest BCUT2D eigenvalue weighted by Crippen LogP contribution is 2.22. The molecule has 1 saturated heterocycles. The van der Waals surface area contributed by atoms with E-state index >= 15 is 0 Å². The molecule has 2 aromatic rings. The van der Waals surface area contributed by atoms with Gasteiger partial charge in [-0.15, -0.1) is 0 Å². The first-order valence-corrected chi connectivity index (χ1v) is 8.06. The van der Waals surface area contributed by atoms with E-state index in [1.54, 1.807) is 19.2 Å². The Labute approximate surface area is 141 Å². The molecule has 4 nitrogen and oxygen atoms in total. The van der Waals surface area contributed by atoms with Crippen LogP contribution in [0.1, 0.15) is 11.7 Å². The normalized spacial score (nSPS) is 16.1. The first kappa shape index (κ1) is 16.5. The molecule has 0 aliphatic carbocycles. The molecule has 1 fully saturated rings. The zero-order valence-corrected chi connectivity index (χ0v) is 13.7. The Morgan fingerprint density at radius 3 is 2.21 bits per heavy atom. The topological polar surface area (TPSA) is 32.8 Å². The lowest BCUT2D eigenvalue weighted by atomic mass is 10.1. The van der Waals surface area contributed by atoms with Crippen LogP contribution in [0.5, 0.6) is 0 Å². The van der Waals surface area contributed by atoms with Crippen LogP contribution in [0.4, 0.5) is 10.1 Å². The molecule has 1 aliphatic rings. The summed E-state index contributed by atoms with van der Waals surface area (Å²) < 4.78 is 18.5. The average Bonchev–Trinajstić information content (AvgIpc) is 2.64. The van der Waals surface area contributed by atoms with Crippen molar-refractivity contribution in [3.05, 3.63) is 66.0 Å². The predicted molar refractivity (Wildman–Crippen MR) is 91.4 cm³/mol. The second kappa shape index (κ2) is 7.45. The first-order chi connectivity index (χ1) is 11.7. The Morgan fingerprint density at radius 1 is 1.00 bits per heavy atom. The van der Waals surface area contributed by atoms with E-state index in [0.29, 0.717) is 13.1 Å². The van der Waals surface area contributed by atoms with Crippen molar-refractivity contribution in [2.45, 2.75) is 6.10 Å². The molecule has 24 heavy (non-hydrogen) atoms. The Balaban J connectivity index is 1.63. The van der Waals surface area contributed by atoms with Crippen LogP contribution in [0, 0.1) is 5.82 Å². The first-order valence-electron chi connectivity index (χ1n) is 8.06. The summed E-state index contributed by atoms with van der Waals surface area (Å²) >= 11 is 0. The summed E-state index contributed by atoms with van der Waals surface area (Å²) in [5.74, 6) is -0.249. The molecule has 0 spiro atoms. The third-order valence-electron chi connectivity index (χ3n) is 4.35. The van der Waals surface area contributed by atoms with Crippen molar-refractivity contribution in [3.8, 4) is 0 Å². The maximum Gasteiger partial charge on any atom is 0.256 e. The van der Waals surface area contributed by atoms with E-state index in [1.165, 1.54) is 12.1 Å². The highest BCUT2D eigenvalue weighted by molar-refractivity contribution is 5.82. The van der Waals surface area contributed by atoms with Gasteiger partial charge in [-0.1, -0.05) is 30.3 Å². The number of hydrogen-bond donors (Lipinski definition) is 0. The van der Waals surface area contributed by atoms with Crippen molar-refractivity contribution in [1.82, 2.24) is 4.90 Å². The van der Waals surface area contributed by atoms with Gasteiger partial charge in [0.1, 0.15) is 5.82 Å². The van der Waals surface area contributed by atoms with Crippen LogP contribution in [0.2, 0.25) is 0 Å². The van der Waals surface area contributed by atoms with E-state index in [9.17, 15) is 9.18 Å². The molecule has 126 valence electrons. The minimum Gasteiger partial charge on any atom is -0.368 e. The van der Waals surface area contributed by atoms with Gasteiger partial charge in [0, 0.05) is 39.0 Å². The molecular formula is C19H21FN2O2. The van der Waals surface area contributed by atoms with Gasteiger partial charge in [0.25, 0.3) is 5.91 Å². The highest BCUT2D eigenvalue weighted by atomic mass is 19.1. The van der Waals surface area contributed by atoms with Gasteiger partial charge in [-0.05, 0) is 29.8 Å². The molecule has 0 saturated carbocycles. The third-order valence-corrected chi connectivity index (χ3v) is 4.35. The lowest BCUT2D eigenvalue weighted by Crippen LogP contribution is -2.50. The quantitative estimate of drug-likeness (QED) is 0.865. The maximum absolute atomic E-state index is 13.0. The fourth-order valence-corrected chi connectivity index (χ4v) is 3.01. The lowest BCUT2D eigenvalue weighted by molar-refractivity contribution is -0.142. The minimum atomic E-state index is -0.566. The zero-order chi connectivity index (χ0) is 16.9. The third kappa shape index (κ3) is 3.57. The average molecular weight is 328 g/mol. The van der Waals surface area contributed by atoms with Crippen molar-refractivity contribution in [2.24, 2.45) is 0 Å². The number of amides is 1. The second-order valence-electron chi connectivity index (χ2n) is 5.82. The smallest absolute Gasteiger partial charge is 0.256 e. The molecule has 2 aromatic carbocycles. The van der Waals surface area contributed by atoms with Crippen LogP contribution in [-0.4, -0.2) is 44.1 Å². The zero-order valence-electron chi connectivity index (χ0n) is 13.7. The Bertz CT molecular complexity index is 668. The lowest BCUT2D eigenvalue weighted by Gasteiger charge is -2.37. The molecule has 1 aliphatic heterocycles. The van der Waals surface area contributed by atoms with Crippen LogP contribution in [0.15, 0.2) is 54.6 Å². The van der Waals surface area contributed by atoms with Gasteiger partial charge in [-0.3, -0.25) is 4.79 Å². The van der Waals surface area contributed by atoms with Crippen LogP contribution in [-0.2, 0) is 9.53 Å². The van der Waals surface area contributed by atoms with E-state index in [-0.39, 0.29) is 11.7 Å². The molecule has 3 rings (SSSR count). The summed E-state index contributed by atoms with van der Waals surface area (Å²) in [5.41, 5.74) is 1.85. The van der Waals surface area contributed by atoms with Crippen molar-refractivity contribution in [1.29, 1.82) is 0 Å². The van der Waals surface area contributed by atoms with Gasteiger partial charge in [0.05, 0.1) is 0 Å². The van der Waals surface area contributed by atoms with Crippen molar-refractivity contribution >= 4 is 11.6 Å². The minimum absolute atomic E-state index is 0.0116. The predicted octanol–water partition coefficient (Wildman–Crippen LogP) is 2.86. The molecule has 0 unspecified atom stereocenters. The van der Waals surface area contributed by atoms with Crippen LogP contribution < -0.4 is 4.90 Å². The monoisotopic (exact) mass is 328 g/mol. The number of methoxy groups -OCH3 is 1. The number of hydrogen-bond acceptors (Lipinski definition) is 3. The number of ether oxygens (including phenoxy) is 1. The molecule has 0 aromatic heterocycles. The molecule has 0 N–H and O–H groups in total. The SMILES string of the molecule is CO[C@@H](C(=O)N1CCN(c2ccc(F)cc2)CC1)c1ccccc1. The molecule has 0 radical (unpaired) electrons.